The first-order chi connectivity index (χ1) is 9.88. The van der Waals surface area contributed by atoms with Crippen molar-refractivity contribution in [2.75, 3.05) is 12.3 Å². The van der Waals surface area contributed by atoms with Crippen LogP contribution in [0.25, 0.3) is 0 Å². The van der Waals surface area contributed by atoms with Gasteiger partial charge in [0.25, 0.3) is 0 Å². The van der Waals surface area contributed by atoms with E-state index < -0.39 is 18.1 Å². The number of rotatable bonds is 4. The normalized spacial score (nSPS) is 21.6. The molecule has 0 radical (unpaired) electrons. The minimum atomic E-state index is -1.11. The monoisotopic (exact) mass is 349 g/mol. The van der Waals surface area contributed by atoms with Crippen LogP contribution < -0.4 is 0 Å². The third kappa shape index (κ3) is 4.03. The summed E-state index contributed by atoms with van der Waals surface area (Å²) in [6.45, 7) is 0.0413. The summed E-state index contributed by atoms with van der Waals surface area (Å²) in [6.07, 6.45) is -0.737. The second-order valence-electron chi connectivity index (χ2n) is 4.65. The predicted molar refractivity (Wildman–Crippen MR) is 80.9 cm³/mol. The molecule has 21 heavy (non-hydrogen) atoms. The van der Waals surface area contributed by atoms with Gasteiger partial charge in [-0.25, -0.2) is 4.79 Å². The quantitative estimate of drug-likeness (QED) is 0.814. The van der Waals surface area contributed by atoms with Crippen molar-refractivity contribution < 1.29 is 19.8 Å². The van der Waals surface area contributed by atoms with E-state index in [0.717, 1.165) is 0 Å². The topological polar surface area (TPSA) is 77.8 Å². The molecule has 8 heteroatoms. The second kappa shape index (κ2) is 6.87. The first-order valence-corrected chi connectivity index (χ1v) is 7.91. The predicted octanol–water partition coefficient (Wildman–Crippen LogP) is 2.13. The average Bonchev–Trinajstić information content (AvgIpc) is 2.82. The van der Waals surface area contributed by atoms with Gasteiger partial charge in [0.15, 0.2) is 0 Å². The molecule has 1 heterocycles. The number of carboxylic acid groups (broad SMARTS) is 1. The summed E-state index contributed by atoms with van der Waals surface area (Å²) in [5, 5.41) is 19.6. The summed E-state index contributed by atoms with van der Waals surface area (Å²) in [5.41, 5.74) is 0. The highest BCUT2D eigenvalue weighted by Crippen LogP contribution is 2.30. The third-order valence-corrected chi connectivity index (χ3v) is 4.85. The van der Waals surface area contributed by atoms with Gasteiger partial charge in [0.2, 0.25) is 5.91 Å². The molecule has 0 aromatic heterocycles. The summed E-state index contributed by atoms with van der Waals surface area (Å²) in [4.78, 5) is 25.1. The molecule has 2 atom stereocenters. The smallest absolute Gasteiger partial charge is 0.326 e. The standard InChI is InChI=1S/C13H13Cl2NO4S/c14-7-1-2-9(15)11(3-7)21-6-12(18)16-5-8(17)4-10(16)13(19)20/h1-3,8,10,17H,4-6H2,(H,19,20)/t8-,10-/m1/s1. The number of amides is 1. The van der Waals surface area contributed by atoms with Crippen molar-refractivity contribution in [2.24, 2.45) is 0 Å². The van der Waals surface area contributed by atoms with E-state index in [9.17, 15) is 14.7 Å². The Labute approximate surface area is 135 Å². The molecule has 1 amide bonds. The van der Waals surface area contributed by atoms with E-state index in [1.165, 1.54) is 16.7 Å². The van der Waals surface area contributed by atoms with Gasteiger partial charge in [0.1, 0.15) is 6.04 Å². The van der Waals surface area contributed by atoms with Gasteiger partial charge in [-0.15, -0.1) is 11.8 Å². The van der Waals surface area contributed by atoms with E-state index >= 15 is 0 Å². The van der Waals surface area contributed by atoms with E-state index in [0.29, 0.717) is 14.9 Å². The molecule has 5 nitrogen and oxygen atoms in total. The Morgan fingerprint density at radius 1 is 1.38 bits per heavy atom. The molecule has 1 fully saturated rings. The number of aliphatic hydroxyl groups is 1. The van der Waals surface area contributed by atoms with Crippen LogP contribution in [0.4, 0.5) is 0 Å². The number of benzene rings is 1. The van der Waals surface area contributed by atoms with Crippen molar-refractivity contribution in [1.82, 2.24) is 4.90 Å². The molecule has 0 unspecified atom stereocenters. The Morgan fingerprint density at radius 3 is 2.76 bits per heavy atom. The maximum atomic E-state index is 12.1. The molecular weight excluding hydrogens is 337 g/mol. The molecule has 0 saturated carbocycles. The molecule has 0 bridgehead atoms. The molecule has 0 spiro atoms. The number of carboxylic acids is 1. The number of carbonyl (C=O) groups excluding carboxylic acids is 1. The van der Waals surface area contributed by atoms with Gasteiger partial charge in [0.05, 0.1) is 16.9 Å². The Balaban J connectivity index is 2.01. The maximum absolute atomic E-state index is 12.1. The van der Waals surface area contributed by atoms with Crippen LogP contribution in [-0.4, -0.2) is 51.4 Å². The number of nitrogens with zero attached hydrogens (tertiary/aromatic N) is 1. The van der Waals surface area contributed by atoms with Gasteiger partial charge >= 0.3 is 5.97 Å². The van der Waals surface area contributed by atoms with Crippen LogP contribution in [0.3, 0.4) is 0 Å². The van der Waals surface area contributed by atoms with Crippen LogP contribution in [0.15, 0.2) is 23.1 Å². The summed E-state index contributed by atoms with van der Waals surface area (Å²) in [6, 6.07) is 3.96. The Hall–Kier alpha value is -0.950. The lowest BCUT2D eigenvalue weighted by molar-refractivity contribution is -0.147. The van der Waals surface area contributed by atoms with Crippen molar-refractivity contribution in [3.05, 3.63) is 28.2 Å². The fraction of sp³-hybridized carbons (Fsp3) is 0.385. The van der Waals surface area contributed by atoms with Crippen molar-refractivity contribution >= 4 is 46.8 Å². The summed E-state index contributed by atoms with van der Waals surface area (Å²) >= 11 is 13.1. The van der Waals surface area contributed by atoms with Crippen molar-refractivity contribution in [1.29, 1.82) is 0 Å². The van der Waals surface area contributed by atoms with Gasteiger partial charge in [-0.1, -0.05) is 23.2 Å². The molecular formula is C13H13Cl2NO4S. The second-order valence-corrected chi connectivity index (χ2v) is 6.51. The van der Waals surface area contributed by atoms with Gasteiger partial charge in [-0.3, -0.25) is 4.79 Å². The first-order valence-electron chi connectivity index (χ1n) is 6.16. The number of thioether (sulfide) groups is 1. The van der Waals surface area contributed by atoms with Crippen LogP contribution in [0.5, 0.6) is 0 Å². The summed E-state index contributed by atoms with van der Waals surface area (Å²) in [7, 11) is 0. The Morgan fingerprint density at radius 2 is 2.10 bits per heavy atom. The van der Waals surface area contributed by atoms with Crippen LogP contribution in [0, 0.1) is 0 Å². The van der Waals surface area contributed by atoms with Crippen molar-refractivity contribution in [3.8, 4) is 0 Å². The largest absolute Gasteiger partial charge is 0.480 e. The highest BCUT2D eigenvalue weighted by Gasteiger charge is 2.38. The minimum absolute atomic E-state index is 0.0383. The number of aliphatic hydroxyl groups excluding tert-OH is 1. The lowest BCUT2D eigenvalue weighted by Crippen LogP contribution is -2.41. The Kier molecular flexibility index (Phi) is 5.37. The molecule has 1 aromatic carbocycles. The SMILES string of the molecule is O=C(O)[C@H]1C[C@@H](O)CN1C(=O)CSc1cc(Cl)ccc1Cl. The molecule has 1 aliphatic rings. The summed E-state index contributed by atoms with van der Waals surface area (Å²) < 4.78 is 0. The van der Waals surface area contributed by atoms with E-state index in [2.05, 4.69) is 0 Å². The zero-order chi connectivity index (χ0) is 15.6. The van der Waals surface area contributed by atoms with Gasteiger partial charge in [0, 0.05) is 22.9 Å². The van der Waals surface area contributed by atoms with E-state index in [4.69, 9.17) is 28.3 Å². The van der Waals surface area contributed by atoms with E-state index in [-0.39, 0.29) is 24.6 Å². The highest BCUT2D eigenvalue weighted by atomic mass is 35.5. The molecule has 2 N–H and O–H groups in total. The van der Waals surface area contributed by atoms with Gasteiger partial charge in [-0.2, -0.15) is 0 Å². The van der Waals surface area contributed by atoms with Gasteiger partial charge < -0.3 is 15.1 Å². The lowest BCUT2D eigenvalue weighted by Gasteiger charge is -2.21. The van der Waals surface area contributed by atoms with Crippen LogP contribution in [0.1, 0.15) is 6.42 Å². The van der Waals surface area contributed by atoms with Gasteiger partial charge in [-0.05, 0) is 18.2 Å². The van der Waals surface area contributed by atoms with E-state index in [1.54, 1.807) is 18.2 Å². The number of β-amino-alcohol motifs (C(OH)–C–C–N with tert-alkyl or cyclic N) is 1. The van der Waals surface area contributed by atoms with Crippen molar-refractivity contribution in [2.45, 2.75) is 23.5 Å². The molecule has 2 rings (SSSR count). The number of likely N-dealkylation sites (tertiary alicyclic amines) is 1. The number of hydrogen-bond donors (Lipinski definition) is 2. The molecule has 1 saturated heterocycles. The molecule has 1 aromatic rings. The molecule has 0 aliphatic carbocycles. The summed E-state index contributed by atoms with van der Waals surface area (Å²) in [5.74, 6) is -1.41. The highest BCUT2D eigenvalue weighted by molar-refractivity contribution is 8.00. The lowest BCUT2D eigenvalue weighted by atomic mass is 10.2. The van der Waals surface area contributed by atoms with E-state index in [1.807, 2.05) is 0 Å². The third-order valence-electron chi connectivity index (χ3n) is 3.13. The minimum Gasteiger partial charge on any atom is -0.480 e. The molecule has 1 aliphatic heterocycles. The molecule has 114 valence electrons. The average molecular weight is 350 g/mol. The number of halogens is 2. The number of carbonyl (C=O) groups is 2. The van der Waals surface area contributed by atoms with Crippen LogP contribution in [-0.2, 0) is 9.59 Å². The number of hydrogen-bond acceptors (Lipinski definition) is 4. The zero-order valence-corrected chi connectivity index (χ0v) is 13.2. The van der Waals surface area contributed by atoms with Crippen molar-refractivity contribution in [3.63, 3.8) is 0 Å². The maximum Gasteiger partial charge on any atom is 0.326 e. The Bertz CT molecular complexity index is 569. The zero-order valence-electron chi connectivity index (χ0n) is 10.8. The number of aliphatic carboxylic acids is 1. The van der Waals surface area contributed by atoms with Crippen LogP contribution in [0.2, 0.25) is 10.0 Å². The fourth-order valence-electron chi connectivity index (χ4n) is 2.13. The van der Waals surface area contributed by atoms with Crippen LogP contribution >= 0.6 is 35.0 Å². The fourth-order valence-corrected chi connectivity index (χ4v) is 3.51. The first kappa shape index (κ1) is 16.4.